The number of nitrogens with one attached hydrogen (secondary N) is 1. The van der Waals surface area contributed by atoms with Gasteiger partial charge in [-0.25, -0.2) is 13.1 Å². The van der Waals surface area contributed by atoms with Crippen LogP contribution >= 0.6 is 11.8 Å². The number of methoxy groups -OCH3 is 2. The van der Waals surface area contributed by atoms with Crippen molar-refractivity contribution < 1.29 is 22.7 Å². The van der Waals surface area contributed by atoms with Gasteiger partial charge < -0.3 is 20.5 Å². The molecular weight excluding hydrogens is 440 g/mol. The molecule has 0 fully saturated rings. The second-order valence-electron chi connectivity index (χ2n) is 6.32. The first-order valence-electron chi connectivity index (χ1n) is 9.04. The van der Waals surface area contributed by atoms with Crippen molar-refractivity contribution in [2.24, 2.45) is 0 Å². The Bertz CT molecular complexity index is 1190. The molecule has 9 nitrogen and oxygen atoms in total. The third kappa shape index (κ3) is 4.62. The van der Waals surface area contributed by atoms with Gasteiger partial charge in [-0.3, -0.25) is 4.79 Å². The fraction of sp³-hybridized carbons (Fsp3) is 0.200. The standard InChI is InChI=1S/C20H22N4O5S2/c1-28-15-10-9-13(11-16(15)29-2)22-17(25)12-24-19(21)18(20(23-24)30-3)31(26,27)14-7-5-4-6-8-14/h4-11H,12,21H2,1-3H3,(H,22,25). The summed E-state index contributed by atoms with van der Waals surface area (Å²) < 4.78 is 37.7. The highest BCUT2D eigenvalue weighted by molar-refractivity contribution is 7.99. The third-order valence-corrected chi connectivity index (χ3v) is 7.03. The number of nitrogen functional groups attached to an aromatic ring is 1. The minimum absolute atomic E-state index is 0.101. The number of sulfone groups is 1. The summed E-state index contributed by atoms with van der Waals surface area (Å²) >= 11 is 1.14. The fourth-order valence-corrected chi connectivity index (χ4v) is 5.36. The Kier molecular flexibility index (Phi) is 6.76. The number of hydrogen-bond donors (Lipinski definition) is 2. The number of rotatable bonds is 8. The van der Waals surface area contributed by atoms with Gasteiger partial charge in [-0.05, 0) is 30.5 Å². The number of carbonyl (C=O) groups is 1. The van der Waals surface area contributed by atoms with Crippen LogP contribution in [0.2, 0.25) is 0 Å². The predicted octanol–water partition coefficient (Wildman–Crippen LogP) is 2.68. The lowest BCUT2D eigenvalue weighted by Gasteiger charge is -2.11. The van der Waals surface area contributed by atoms with Crippen molar-refractivity contribution in [3.8, 4) is 11.5 Å². The summed E-state index contributed by atoms with van der Waals surface area (Å²) in [7, 11) is -0.887. The number of benzene rings is 2. The first kappa shape index (κ1) is 22.5. The van der Waals surface area contributed by atoms with Crippen LogP contribution in [0.1, 0.15) is 0 Å². The zero-order valence-corrected chi connectivity index (χ0v) is 18.8. The molecule has 0 bridgehead atoms. The molecule has 0 aliphatic heterocycles. The summed E-state index contributed by atoms with van der Waals surface area (Å²) in [5, 5.41) is 7.17. The van der Waals surface area contributed by atoms with E-state index in [-0.39, 0.29) is 27.2 Å². The molecule has 0 spiro atoms. The summed E-state index contributed by atoms with van der Waals surface area (Å²) in [6.45, 7) is -0.266. The topological polar surface area (TPSA) is 126 Å². The number of amides is 1. The van der Waals surface area contributed by atoms with Crippen molar-refractivity contribution in [1.29, 1.82) is 0 Å². The van der Waals surface area contributed by atoms with Gasteiger partial charge in [0.05, 0.1) is 19.1 Å². The Morgan fingerprint density at radius 2 is 1.81 bits per heavy atom. The lowest BCUT2D eigenvalue weighted by molar-refractivity contribution is -0.116. The van der Waals surface area contributed by atoms with Crippen LogP contribution in [0.25, 0.3) is 0 Å². The molecule has 0 saturated heterocycles. The van der Waals surface area contributed by atoms with E-state index in [0.29, 0.717) is 17.2 Å². The summed E-state index contributed by atoms with van der Waals surface area (Å²) in [5.41, 5.74) is 6.60. The number of nitrogens with zero attached hydrogens (tertiary/aromatic N) is 2. The zero-order chi connectivity index (χ0) is 22.6. The number of aromatic nitrogens is 2. The summed E-state index contributed by atoms with van der Waals surface area (Å²) in [6.07, 6.45) is 1.69. The van der Waals surface area contributed by atoms with Crippen LogP contribution in [0, 0.1) is 0 Å². The van der Waals surface area contributed by atoms with Crippen LogP contribution in [0.4, 0.5) is 11.5 Å². The number of nitrogens with two attached hydrogens (primary N) is 1. The van der Waals surface area contributed by atoms with Crippen molar-refractivity contribution >= 4 is 39.0 Å². The van der Waals surface area contributed by atoms with Crippen LogP contribution in [-0.4, -0.2) is 44.6 Å². The molecule has 11 heteroatoms. The molecule has 0 saturated carbocycles. The average Bonchev–Trinajstić information content (AvgIpc) is 3.09. The van der Waals surface area contributed by atoms with Crippen molar-refractivity contribution in [2.75, 3.05) is 31.5 Å². The van der Waals surface area contributed by atoms with Crippen molar-refractivity contribution in [3.05, 3.63) is 48.5 Å². The van der Waals surface area contributed by atoms with Crippen molar-refractivity contribution in [3.63, 3.8) is 0 Å². The van der Waals surface area contributed by atoms with E-state index in [0.717, 1.165) is 11.8 Å². The molecule has 0 radical (unpaired) electrons. The van der Waals surface area contributed by atoms with Crippen molar-refractivity contribution in [2.45, 2.75) is 21.4 Å². The van der Waals surface area contributed by atoms with E-state index in [1.807, 2.05) is 0 Å². The SMILES string of the molecule is COc1ccc(NC(=O)Cn2nc(SC)c(S(=O)(=O)c3ccccc3)c2N)cc1OC. The molecule has 3 rings (SSSR count). The monoisotopic (exact) mass is 462 g/mol. The molecule has 1 heterocycles. The fourth-order valence-electron chi connectivity index (χ4n) is 2.91. The maximum Gasteiger partial charge on any atom is 0.246 e. The molecule has 0 aliphatic rings. The van der Waals surface area contributed by atoms with Crippen LogP contribution in [0.5, 0.6) is 11.5 Å². The van der Waals surface area contributed by atoms with E-state index in [1.165, 1.54) is 31.0 Å². The molecule has 3 aromatic rings. The smallest absolute Gasteiger partial charge is 0.246 e. The summed E-state index contributed by atoms with van der Waals surface area (Å²) in [5.74, 6) is 0.449. The highest BCUT2D eigenvalue weighted by Crippen LogP contribution is 2.34. The lowest BCUT2D eigenvalue weighted by Crippen LogP contribution is -2.21. The molecule has 1 aromatic heterocycles. The van der Waals surface area contributed by atoms with Gasteiger partial charge >= 0.3 is 0 Å². The molecule has 3 N–H and O–H groups in total. The molecule has 0 unspecified atom stereocenters. The van der Waals surface area contributed by atoms with E-state index in [1.54, 1.807) is 42.7 Å². The van der Waals surface area contributed by atoms with Gasteiger partial charge in [0.25, 0.3) is 0 Å². The van der Waals surface area contributed by atoms with E-state index < -0.39 is 15.7 Å². The van der Waals surface area contributed by atoms with E-state index in [9.17, 15) is 13.2 Å². The van der Waals surface area contributed by atoms with Crippen LogP contribution in [0.3, 0.4) is 0 Å². The Hall–Kier alpha value is -3.18. The van der Waals surface area contributed by atoms with Gasteiger partial charge in [-0.2, -0.15) is 5.10 Å². The molecule has 164 valence electrons. The van der Waals surface area contributed by atoms with Gasteiger partial charge in [0, 0.05) is 11.8 Å². The van der Waals surface area contributed by atoms with Crippen LogP contribution < -0.4 is 20.5 Å². The normalized spacial score (nSPS) is 11.2. The van der Waals surface area contributed by atoms with E-state index in [2.05, 4.69) is 10.4 Å². The molecule has 0 aliphatic carbocycles. The highest BCUT2D eigenvalue weighted by Gasteiger charge is 2.29. The second kappa shape index (κ2) is 9.31. The summed E-state index contributed by atoms with van der Waals surface area (Å²) in [4.78, 5) is 12.6. The van der Waals surface area contributed by atoms with Gasteiger partial charge in [-0.15, -0.1) is 11.8 Å². The third-order valence-electron chi connectivity index (χ3n) is 4.39. The first-order valence-corrected chi connectivity index (χ1v) is 11.7. The Morgan fingerprint density at radius 3 is 2.42 bits per heavy atom. The number of anilines is 2. The lowest BCUT2D eigenvalue weighted by atomic mass is 10.2. The largest absolute Gasteiger partial charge is 0.493 e. The minimum Gasteiger partial charge on any atom is -0.493 e. The zero-order valence-electron chi connectivity index (χ0n) is 17.2. The van der Waals surface area contributed by atoms with Gasteiger partial charge in [0.15, 0.2) is 11.5 Å². The second-order valence-corrected chi connectivity index (χ2v) is 9.00. The Morgan fingerprint density at radius 1 is 1.13 bits per heavy atom. The number of hydrogen-bond acceptors (Lipinski definition) is 8. The van der Waals surface area contributed by atoms with Gasteiger partial charge in [-0.1, -0.05) is 18.2 Å². The first-order chi connectivity index (χ1) is 14.8. The maximum absolute atomic E-state index is 13.1. The van der Waals surface area contributed by atoms with Gasteiger partial charge in [0.1, 0.15) is 22.3 Å². The quantitative estimate of drug-likeness (QED) is 0.490. The minimum atomic E-state index is -3.89. The van der Waals surface area contributed by atoms with Crippen LogP contribution in [0.15, 0.2) is 63.3 Å². The molecule has 1 amide bonds. The molecule has 0 atom stereocenters. The maximum atomic E-state index is 13.1. The van der Waals surface area contributed by atoms with E-state index in [4.69, 9.17) is 15.2 Å². The Balaban J connectivity index is 1.87. The summed E-state index contributed by atoms with van der Waals surface area (Å²) in [6, 6.07) is 12.9. The molecule has 31 heavy (non-hydrogen) atoms. The van der Waals surface area contributed by atoms with Crippen molar-refractivity contribution in [1.82, 2.24) is 9.78 Å². The van der Waals surface area contributed by atoms with Gasteiger partial charge in [0.2, 0.25) is 15.7 Å². The average molecular weight is 463 g/mol. The number of ether oxygens (including phenoxy) is 2. The predicted molar refractivity (Wildman–Crippen MR) is 118 cm³/mol. The molecule has 2 aromatic carbocycles. The van der Waals surface area contributed by atoms with Crippen LogP contribution in [-0.2, 0) is 21.2 Å². The molecular formula is C20H22N4O5S2. The number of thioether (sulfide) groups is 1. The number of carbonyl (C=O) groups excluding carboxylic acids is 1. The highest BCUT2D eigenvalue weighted by atomic mass is 32.2. The Labute approximate surface area is 184 Å². The van der Waals surface area contributed by atoms with E-state index >= 15 is 0 Å².